The first-order valence-electron chi connectivity index (χ1n) is 6.73. The van der Waals surface area contributed by atoms with Crippen molar-refractivity contribution in [3.8, 4) is 0 Å². The molecule has 22 heavy (non-hydrogen) atoms. The average molecular weight is 335 g/mol. The van der Waals surface area contributed by atoms with Crippen molar-refractivity contribution in [1.82, 2.24) is 0 Å². The van der Waals surface area contributed by atoms with E-state index in [2.05, 4.69) is 0 Å². The van der Waals surface area contributed by atoms with Gasteiger partial charge >= 0.3 is 5.97 Å². The molecule has 1 unspecified atom stereocenters. The van der Waals surface area contributed by atoms with Crippen LogP contribution in [0.4, 0.5) is 0 Å². The normalized spacial score (nSPS) is 11.9. The number of benzene rings is 2. The molecule has 0 bridgehead atoms. The Bertz CT molecular complexity index is 658. The largest absolute Gasteiger partial charge is 0.481 e. The molecular formula is C17H15ClO3S. The highest BCUT2D eigenvalue weighted by atomic mass is 35.5. The molecule has 0 aromatic heterocycles. The number of Topliss-reactive ketones (excluding diaryl/α,β-unsaturated/α-hetero) is 1. The number of carboxylic acid groups (broad SMARTS) is 1. The van der Waals surface area contributed by atoms with Crippen LogP contribution in [0.15, 0.2) is 54.6 Å². The van der Waals surface area contributed by atoms with E-state index in [1.165, 1.54) is 11.8 Å². The van der Waals surface area contributed by atoms with Gasteiger partial charge in [0, 0.05) is 22.3 Å². The number of halogens is 1. The van der Waals surface area contributed by atoms with Crippen molar-refractivity contribution >= 4 is 35.1 Å². The summed E-state index contributed by atoms with van der Waals surface area (Å²) in [4.78, 5) is 23.2. The van der Waals surface area contributed by atoms with Crippen LogP contribution in [0, 0.1) is 0 Å². The van der Waals surface area contributed by atoms with Gasteiger partial charge in [-0.15, -0.1) is 11.8 Å². The Kier molecular flexibility index (Phi) is 6.04. The first kappa shape index (κ1) is 16.6. The number of carboxylic acids is 1. The van der Waals surface area contributed by atoms with Crippen molar-refractivity contribution in [3.05, 3.63) is 70.7 Å². The fourth-order valence-electron chi connectivity index (χ4n) is 2.06. The van der Waals surface area contributed by atoms with Gasteiger partial charge in [-0.3, -0.25) is 9.59 Å². The predicted molar refractivity (Wildman–Crippen MR) is 89.7 cm³/mol. The highest BCUT2D eigenvalue weighted by Crippen LogP contribution is 2.33. The molecule has 1 N–H and O–H groups in total. The Labute approximate surface area is 138 Å². The van der Waals surface area contributed by atoms with Gasteiger partial charge in [-0.25, -0.2) is 0 Å². The van der Waals surface area contributed by atoms with Gasteiger partial charge in [0.2, 0.25) is 0 Å². The number of hydrogen-bond acceptors (Lipinski definition) is 3. The van der Waals surface area contributed by atoms with Gasteiger partial charge in [0.15, 0.2) is 5.78 Å². The van der Waals surface area contributed by atoms with Crippen LogP contribution in [-0.4, -0.2) is 22.6 Å². The number of carbonyl (C=O) groups is 2. The Balaban J connectivity index is 2.15. The van der Waals surface area contributed by atoms with E-state index < -0.39 is 5.97 Å². The van der Waals surface area contributed by atoms with Gasteiger partial charge in [-0.1, -0.05) is 54.1 Å². The third-order valence-corrected chi connectivity index (χ3v) is 4.59. The average Bonchev–Trinajstić information content (AvgIpc) is 2.52. The molecule has 2 rings (SSSR count). The molecule has 0 spiro atoms. The van der Waals surface area contributed by atoms with Crippen LogP contribution in [0.5, 0.6) is 0 Å². The molecule has 0 heterocycles. The molecule has 2 aromatic rings. The second kappa shape index (κ2) is 8.01. The molecule has 0 amide bonds. The third kappa shape index (κ3) is 4.90. The predicted octanol–water partition coefficient (Wildman–Crippen LogP) is 4.47. The van der Waals surface area contributed by atoms with Gasteiger partial charge < -0.3 is 5.11 Å². The fraction of sp³-hybridized carbons (Fsp3) is 0.176. The van der Waals surface area contributed by atoms with Crippen LogP contribution in [0.25, 0.3) is 0 Å². The van der Waals surface area contributed by atoms with Crippen molar-refractivity contribution < 1.29 is 14.7 Å². The van der Waals surface area contributed by atoms with Crippen molar-refractivity contribution in [3.63, 3.8) is 0 Å². The Hall–Kier alpha value is -1.78. The van der Waals surface area contributed by atoms with Gasteiger partial charge in [-0.05, 0) is 17.7 Å². The fourth-order valence-corrected chi connectivity index (χ4v) is 3.21. The molecule has 114 valence electrons. The van der Waals surface area contributed by atoms with E-state index >= 15 is 0 Å². The van der Waals surface area contributed by atoms with Crippen LogP contribution in [0.1, 0.15) is 27.6 Å². The summed E-state index contributed by atoms with van der Waals surface area (Å²) in [5.74, 6) is -0.974. The van der Waals surface area contributed by atoms with Crippen molar-refractivity contribution in [1.29, 1.82) is 0 Å². The zero-order valence-corrected chi connectivity index (χ0v) is 13.3. The second-order valence-electron chi connectivity index (χ2n) is 4.74. The molecule has 1 atom stereocenters. The number of rotatable bonds is 7. The highest BCUT2D eigenvalue weighted by molar-refractivity contribution is 8.00. The molecule has 0 saturated carbocycles. The molecule has 0 aliphatic heterocycles. The van der Waals surface area contributed by atoms with E-state index in [4.69, 9.17) is 16.7 Å². The Morgan fingerprint density at radius 3 is 2.45 bits per heavy atom. The lowest BCUT2D eigenvalue weighted by Gasteiger charge is -2.15. The standard InChI is InChI=1S/C17H15ClO3S/c18-14-8-4-7-13(9-14)15(19)10-16(22-11-17(20)21)12-5-2-1-3-6-12/h1-9,16H,10-11H2,(H,20,21). The van der Waals surface area contributed by atoms with Gasteiger partial charge in [0.25, 0.3) is 0 Å². The lowest BCUT2D eigenvalue weighted by atomic mass is 10.0. The maximum absolute atomic E-state index is 12.4. The van der Waals surface area contributed by atoms with Crippen LogP contribution in [-0.2, 0) is 4.79 Å². The van der Waals surface area contributed by atoms with Crippen LogP contribution < -0.4 is 0 Å². The molecule has 0 saturated heterocycles. The molecule has 0 radical (unpaired) electrons. The molecular weight excluding hydrogens is 320 g/mol. The zero-order valence-electron chi connectivity index (χ0n) is 11.7. The summed E-state index contributed by atoms with van der Waals surface area (Å²) < 4.78 is 0. The summed E-state index contributed by atoms with van der Waals surface area (Å²) in [6, 6.07) is 16.3. The SMILES string of the molecule is O=C(O)CSC(CC(=O)c1cccc(Cl)c1)c1ccccc1. The molecule has 0 aliphatic rings. The maximum atomic E-state index is 12.4. The first-order valence-corrected chi connectivity index (χ1v) is 8.16. The van der Waals surface area contributed by atoms with E-state index in [1.807, 2.05) is 30.3 Å². The minimum Gasteiger partial charge on any atom is -0.481 e. The number of ketones is 1. The summed E-state index contributed by atoms with van der Waals surface area (Å²) in [6.45, 7) is 0. The zero-order chi connectivity index (χ0) is 15.9. The van der Waals surface area contributed by atoms with E-state index in [-0.39, 0.29) is 23.2 Å². The minimum absolute atomic E-state index is 0.0393. The molecule has 0 aliphatic carbocycles. The summed E-state index contributed by atoms with van der Waals surface area (Å²) in [5.41, 5.74) is 1.49. The van der Waals surface area contributed by atoms with E-state index in [0.29, 0.717) is 10.6 Å². The number of thioether (sulfide) groups is 1. The maximum Gasteiger partial charge on any atom is 0.313 e. The number of carbonyl (C=O) groups excluding carboxylic acids is 1. The topological polar surface area (TPSA) is 54.4 Å². The summed E-state index contributed by atoms with van der Waals surface area (Å²) >= 11 is 7.17. The highest BCUT2D eigenvalue weighted by Gasteiger charge is 2.19. The number of aliphatic carboxylic acids is 1. The summed E-state index contributed by atoms with van der Waals surface area (Å²) in [5, 5.41) is 9.20. The molecule has 5 heteroatoms. The quantitative estimate of drug-likeness (QED) is 0.759. The molecule has 0 fully saturated rings. The van der Waals surface area contributed by atoms with E-state index in [9.17, 15) is 9.59 Å². The van der Waals surface area contributed by atoms with Crippen molar-refractivity contribution in [2.24, 2.45) is 0 Å². The Morgan fingerprint density at radius 1 is 1.09 bits per heavy atom. The first-order chi connectivity index (χ1) is 10.6. The Morgan fingerprint density at radius 2 is 1.82 bits per heavy atom. The van der Waals surface area contributed by atoms with Crippen molar-refractivity contribution in [2.45, 2.75) is 11.7 Å². The number of hydrogen-bond donors (Lipinski definition) is 1. The lowest BCUT2D eigenvalue weighted by molar-refractivity contribution is -0.133. The van der Waals surface area contributed by atoms with Crippen LogP contribution >= 0.6 is 23.4 Å². The van der Waals surface area contributed by atoms with Crippen LogP contribution in [0.3, 0.4) is 0 Å². The van der Waals surface area contributed by atoms with E-state index in [1.54, 1.807) is 24.3 Å². The monoisotopic (exact) mass is 334 g/mol. The van der Waals surface area contributed by atoms with E-state index in [0.717, 1.165) is 5.56 Å². The van der Waals surface area contributed by atoms with Crippen LogP contribution in [0.2, 0.25) is 5.02 Å². The second-order valence-corrected chi connectivity index (χ2v) is 6.37. The molecule has 3 nitrogen and oxygen atoms in total. The smallest absolute Gasteiger partial charge is 0.313 e. The minimum atomic E-state index is -0.888. The van der Waals surface area contributed by atoms with Gasteiger partial charge in [-0.2, -0.15) is 0 Å². The lowest BCUT2D eigenvalue weighted by Crippen LogP contribution is -2.08. The third-order valence-electron chi connectivity index (χ3n) is 3.10. The van der Waals surface area contributed by atoms with Gasteiger partial charge in [0.05, 0.1) is 5.75 Å². The summed E-state index contributed by atoms with van der Waals surface area (Å²) in [7, 11) is 0. The summed E-state index contributed by atoms with van der Waals surface area (Å²) in [6.07, 6.45) is 0.238. The molecule has 2 aromatic carbocycles. The van der Waals surface area contributed by atoms with Gasteiger partial charge in [0.1, 0.15) is 0 Å². The van der Waals surface area contributed by atoms with Crippen molar-refractivity contribution in [2.75, 3.05) is 5.75 Å².